The molecule has 0 aliphatic carbocycles. The fourth-order valence-corrected chi connectivity index (χ4v) is 2.10. The summed E-state index contributed by atoms with van der Waals surface area (Å²) in [4.78, 5) is 10.4. The Morgan fingerprint density at radius 1 is 1.50 bits per heavy atom. The number of hydrogen-bond donors (Lipinski definition) is 1. The average molecular weight is 240 g/mol. The highest BCUT2D eigenvalue weighted by Gasteiger charge is 2.12. The molecule has 0 aliphatic rings. The lowest BCUT2D eigenvalue weighted by Gasteiger charge is -2.12. The summed E-state index contributed by atoms with van der Waals surface area (Å²) in [5, 5.41) is 13.9. The predicted octanol–water partition coefficient (Wildman–Crippen LogP) is 3.01. The summed E-state index contributed by atoms with van der Waals surface area (Å²) in [5.41, 5.74) is 0.735. The molecule has 0 amide bonds. The summed E-state index contributed by atoms with van der Waals surface area (Å²) < 4.78 is 0. The number of benzene rings is 1. The number of nitro benzene ring substituents is 1. The summed E-state index contributed by atoms with van der Waals surface area (Å²) in [7, 11) is 0. The molecule has 0 radical (unpaired) electrons. The van der Waals surface area contributed by atoms with Crippen molar-refractivity contribution in [1.29, 1.82) is 0 Å². The Bertz CT molecular complexity index is 358. The van der Waals surface area contributed by atoms with Gasteiger partial charge >= 0.3 is 0 Å². The first-order valence-electron chi connectivity index (χ1n) is 5.11. The minimum atomic E-state index is -0.360. The molecule has 4 nitrogen and oxygen atoms in total. The molecule has 0 aliphatic heterocycles. The monoisotopic (exact) mass is 240 g/mol. The fraction of sp³-hybridized carbons (Fsp3) is 0.455. The molecule has 0 heterocycles. The van der Waals surface area contributed by atoms with Gasteiger partial charge in [0.1, 0.15) is 5.69 Å². The Kier molecular flexibility index (Phi) is 5.11. The number of anilines is 1. The van der Waals surface area contributed by atoms with Crippen molar-refractivity contribution in [2.24, 2.45) is 5.92 Å². The molecule has 1 N–H and O–H groups in total. The highest BCUT2D eigenvalue weighted by Crippen LogP contribution is 2.23. The van der Waals surface area contributed by atoms with Crippen molar-refractivity contribution in [3.63, 3.8) is 0 Å². The zero-order chi connectivity index (χ0) is 12.0. The van der Waals surface area contributed by atoms with Gasteiger partial charge in [-0.25, -0.2) is 0 Å². The second-order valence-electron chi connectivity index (χ2n) is 3.72. The molecule has 1 aromatic rings. The van der Waals surface area contributed by atoms with Crippen LogP contribution in [-0.4, -0.2) is 23.5 Å². The van der Waals surface area contributed by atoms with Gasteiger partial charge in [-0.15, -0.1) is 0 Å². The number of para-hydroxylation sites is 2. The molecule has 1 unspecified atom stereocenters. The topological polar surface area (TPSA) is 55.2 Å². The quantitative estimate of drug-likeness (QED) is 0.613. The Balaban J connectivity index is 2.63. The predicted molar refractivity (Wildman–Crippen MR) is 69.1 cm³/mol. The SMILES string of the molecule is CSCC(C)CNc1ccccc1[N+](=O)[O-]. The third kappa shape index (κ3) is 3.73. The number of nitrogens with zero attached hydrogens (tertiary/aromatic N) is 1. The average Bonchev–Trinajstić information content (AvgIpc) is 2.27. The number of hydrogen-bond acceptors (Lipinski definition) is 4. The van der Waals surface area contributed by atoms with Gasteiger partial charge in [0.15, 0.2) is 0 Å². The molecule has 1 rings (SSSR count). The van der Waals surface area contributed by atoms with E-state index < -0.39 is 0 Å². The lowest BCUT2D eigenvalue weighted by molar-refractivity contribution is -0.384. The minimum Gasteiger partial charge on any atom is -0.379 e. The zero-order valence-corrected chi connectivity index (χ0v) is 10.3. The van der Waals surface area contributed by atoms with E-state index in [1.54, 1.807) is 30.0 Å². The van der Waals surface area contributed by atoms with E-state index in [0.717, 1.165) is 12.3 Å². The van der Waals surface area contributed by atoms with Gasteiger partial charge in [-0.1, -0.05) is 19.1 Å². The maximum atomic E-state index is 10.8. The third-order valence-corrected chi connectivity index (χ3v) is 3.10. The second-order valence-corrected chi connectivity index (χ2v) is 4.63. The first kappa shape index (κ1) is 12.8. The van der Waals surface area contributed by atoms with Crippen LogP contribution in [-0.2, 0) is 0 Å². The molecule has 5 heteroatoms. The van der Waals surface area contributed by atoms with Crippen molar-refractivity contribution in [2.75, 3.05) is 23.9 Å². The first-order valence-corrected chi connectivity index (χ1v) is 6.50. The molecule has 16 heavy (non-hydrogen) atoms. The van der Waals surface area contributed by atoms with E-state index in [4.69, 9.17) is 0 Å². The molecule has 0 bridgehead atoms. The van der Waals surface area contributed by atoms with Crippen molar-refractivity contribution in [1.82, 2.24) is 0 Å². The van der Waals surface area contributed by atoms with Crippen LogP contribution in [0.15, 0.2) is 24.3 Å². The maximum Gasteiger partial charge on any atom is 0.292 e. The summed E-state index contributed by atoms with van der Waals surface area (Å²) in [6.45, 7) is 2.88. The van der Waals surface area contributed by atoms with Crippen LogP contribution in [0.2, 0.25) is 0 Å². The zero-order valence-electron chi connectivity index (χ0n) is 9.47. The Morgan fingerprint density at radius 3 is 2.81 bits per heavy atom. The van der Waals surface area contributed by atoms with Crippen LogP contribution in [0, 0.1) is 16.0 Å². The van der Waals surface area contributed by atoms with E-state index in [0.29, 0.717) is 11.6 Å². The minimum absolute atomic E-state index is 0.138. The van der Waals surface area contributed by atoms with E-state index in [9.17, 15) is 10.1 Å². The van der Waals surface area contributed by atoms with Gasteiger partial charge in [-0.05, 0) is 24.0 Å². The third-order valence-electron chi connectivity index (χ3n) is 2.19. The Hall–Kier alpha value is -1.23. The van der Waals surface area contributed by atoms with Gasteiger partial charge in [-0.3, -0.25) is 10.1 Å². The van der Waals surface area contributed by atoms with E-state index in [1.165, 1.54) is 6.07 Å². The van der Waals surface area contributed by atoms with E-state index in [1.807, 2.05) is 0 Å². The van der Waals surface area contributed by atoms with Crippen LogP contribution < -0.4 is 5.32 Å². The normalized spacial score (nSPS) is 12.1. The molecular weight excluding hydrogens is 224 g/mol. The van der Waals surface area contributed by atoms with Gasteiger partial charge in [0, 0.05) is 12.6 Å². The number of nitrogens with one attached hydrogen (secondary N) is 1. The molecule has 0 saturated carbocycles. The van der Waals surface area contributed by atoms with Crippen molar-refractivity contribution in [2.45, 2.75) is 6.92 Å². The van der Waals surface area contributed by atoms with Crippen LogP contribution >= 0.6 is 11.8 Å². The van der Waals surface area contributed by atoms with Crippen LogP contribution in [0.3, 0.4) is 0 Å². The highest BCUT2D eigenvalue weighted by molar-refractivity contribution is 7.98. The summed E-state index contributed by atoms with van der Waals surface area (Å²) in [5.74, 6) is 1.54. The summed E-state index contributed by atoms with van der Waals surface area (Å²) in [6, 6.07) is 6.73. The first-order chi connectivity index (χ1) is 7.65. The largest absolute Gasteiger partial charge is 0.379 e. The van der Waals surface area contributed by atoms with Gasteiger partial charge in [0.05, 0.1) is 4.92 Å². The number of rotatable bonds is 6. The molecule has 88 valence electrons. The van der Waals surface area contributed by atoms with E-state index in [2.05, 4.69) is 18.5 Å². The standard InChI is InChI=1S/C11H16N2O2S/c1-9(8-16-2)7-12-10-5-3-4-6-11(10)13(14)15/h3-6,9,12H,7-8H2,1-2H3. The Labute approximate surface area is 99.6 Å². The molecule has 0 aromatic heterocycles. The molecule has 0 spiro atoms. The van der Waals surface area contributed by atoms with Crippen LogP contribution in [0.1, 0.15) is 6.92 Å². The van der Waals surface area contributed by atoms with Gasteiger partial charge in [-0.2, -0.15) is 11.8 Å². The second kappa shape index (κ2) is 6.37. The van der Waals surface area contributed by atoms with Crippen LogP contribution in [0.5, 0.6) is 0 Å². The number of nitro groups is 1. The van der Waals surface area contributed by atoms with Crippen molar-refractivity contribution in [3.05, 3.63) is 34.4 Å². The molecule has 1 atom stereocenters. The van der Waals surface area contributed by atoms with E-state index >= 15 is 0 Å². The van der Waals surface area contributed by atoms with Gasteiger partial charge in [0.25, 0.3) is 5.69 Å². The van der Waals surface area contributed by atoms with Gasteiger partial charge < -0.3 is 5.32 Å². The lowest BCUT2D eigenvalue weighted by Crippen LogP contribution is -2.14. The highest BCUT2D eigenvalue weighted by atomic mass is 32.2. The fourth-order valence-electron chi connectivity index (χ4n) is 1.41. The summed E-state index contributed by atoms with van der Waals surface area (Å²) >= 11 is 1.78. The molecule has 0 saturated heterocycles. The van der Waals surface area contributed by atoms with Crippen LogP contribution in [0.25, 0.3) is 0 Å². The maximum absolute atomic E-state index is 10.8. The van der Waals surface area contributed by atoms with E-state index in [-0.39, 0.29) is 10.6 Å². The van der Waals surface area contributed by atoms with Crippen LogP contribution in [0.4, 0.5) is 11.4 Å². The van der Waals surface area contributed by atoms with Crippen molar-refractivity contribution < 1.29 is 4.92 Å². The smallest absolute Gasteiger partial charge is 0.292 e. The molecule has 0 fully saturated rings. The van der Waals surface area contributed by atoms with Gasteiger partial charge in [0.2, 0.25) is 0 Å². The van der Waals surface area contributed by atoms with Crippen molar-refractivity contribution in [3.8, 4) is 0 Å². The molecule has 1 aromatic carbocycles. The lowest BCUT2D eigenvalue weighted by atomic mass is 10.2. The van der Waals surface area contributed by atoms with Crippen molar-refractivity contribution >= 4 is 23.1 Å². The number of thioether (sulfide) groups is 1. The summed E-state index contributed by atoms with van der Waals surface area (Å²) in [6.07, 6.45) is 2.06. The Morgan fingerprint density at radius 2 is 2.19 bits per heavy atom. The molecular formula is C11H16N2O2S.